The molecule has 24 heavy (non-hydrogen) atoms. The fourth-order valence-electron chi connectivity index (χ4n) is 2.47. The summed E-state index contributed by atoms with van der Waals surface area (Å²) in [6.07, 6.45) is 0. The predicted octanol–water partition coefficient (Wildman–Crippen LogP) is 5.38. The zero-order chi connectivity index (χ0) is 17.3. The van der Waals surface area contributed by atoms with Crippen molar-refractivity contribution < 1.29 is 9.90 Å². The van der Waals surface area contributed by atoms with Crippen molar-refractivity contribution >= 4 is 17.6 Å². The molecule has 2 aromatic carbocycles. The topological polar surface area (TPSA) is 50.2 Å². The first kappa shape index (κ1) is 16.2. The quantitative estimate of drug-likeness (QED) is 0.697. The second-order valence-electron chi connectivity index (χ2n) is 5.74. The van der Waals surface area contributed by atoms with Crippen LogP contribution in [0.5, 0.6) is 0 Å². The van der Waals surface area contributed by atoms with Crippen molar-refractivity contribution in [2.24, 2.45) is 0 Å². The minimum absolute atomic E-state index is 0.211. The number of halogens is 1. The lowest BCUT2D eigenvalue weighted by Gasteiger charge is -2.09. The van der Waals surface area contributed by atoms with E-state index >= 15 is 0 Å². The zero-order valence-electron chi connectivity index (χ0n) is 13.4. The molecule has 0 aliphatic heterocycles. The zero-order valence-corrected chi connectivity index (χ0v) is 14.1. The first-order valence-corrected chi connectivity index (χ1v) is 7.91. The molecule has 120 valence electrons. The molecule has 1 N–H and O–H groups in total. The van der Waals surface area contributed by atoms with Crippen molar-refractivity contribution in [3.8, 4) is 22.5 Å². The molecule has 3 nitrogen and oxygen atoms in total. The molecule has 0 aliphatic carbocycles. The lowest BCUT2D eigenvalue weighted by atomic mass is 10.0. The van der Waals surface area contributed by atoms with Crippen LogP contribution < -0.4 is 0 Å². The number of nitrogens with zero attached hydrogens (tertiary/aromatic N) is 1. The van der Waals surface area contributed by atoms with E-state index in [0.29, 0.717) is 16.4 Å². The Hall–Kier alpha value is -2.65. The van der Waals surface area contributed by atoms with Gasteiger partial charge in [0, 0.05) is 16.1 Å². The van der Waals surface area contributed by atoms with Crippen LogP contribution in [0.1, 0.15) is 21.5 Å². The van der Waals surface area contributed by atoms with Gasteiger partial charge in [0.15, 0.2) is 0 Å². The molecule has 0 aliphatic rings. The number of benzene rings is 2. The maximum Gasteiger partial charge on any atom is 0.335 e. The Morgan fingerprint density at radius 3 is 2.04 bits per heavy atom. The average molecular weight is 338 g/mol. The number of rotatable bonds is 3. The maximum absolute atomic E-state index is 11.5. The van der Waals surface area contributed by atoms with Crippen LogP contribution in [0.4, 0.5) is 0 Å². The molecule has 0 atom stereocenters. The number of aromatic carboxylic acids is 1. The van der Waals surface area contributed by atoms with Gasteiger partial charge in [-0.3, -0.25) is 0 Å². The molecule has 1 heterocycles. The van der Waals surface area contributed by atoms with Gasteiger partial charge in [-0.2, -0.15) is 0 Å². The Kier molecular flexibility index (Phi) is 4.36. The van der Waals surface area contributed by atoms with Gasteiger partial charge in [0.05, 0.1) is 17.0 Å². The number of hydrogen-bond donors (Lipinski definition) is 1. The van der Waals surface area contributed by atoms with E-state index in [9.17, 15) is 9.90 Å². The summed E-state index contributed by atoms with van der Waals surface area (Å²) in [6.45, 7) is 4.07. The summed E-state index contributed by atoms with van der Waals surface area (Å²) in [6, 6.07) is 16.4. The number of hydrogen-bond acceptors (Lipinski definition) is 2. The fraction of sp³-hybridized carbons (Fsp3) is 0.100. The second kappa shape index (κ2) is 6.46. The third-order valence-electron chi connectivity index (χ3n) is 4.01. The van der Waals surface area contributed by atoms with Gasteiger partial charge < -0.3 is 5.11 Å². The van der Waals surface area contributed by atoms with Crippen LogP contribution in [0.3, 0.4) is 0 Å². The third-order valence-corrected chi connectivity index (χ3v) is 4.27. The monoisotopic (exact) mass is 337 g/mol. The Balaban J connectivity index is 2.17. The van der Waals surface area contributed by atoms with E-state index in [4.69, 9.17) is 11.6 Å². The van der Waals surface area contributed by atoms with Gasteiger partial charge in [-0.25, -0.2) is 9.78 Å². The highest BCUT2D eigenvalue weighted by Crippen LogP contribution is 2.27. The number of carboxylic acid groups (broad SMARTS) is 1. The molecule has 0 amide bonds. The highest BCUT2D eigenvalue weighted by molar-refractivity contribution is 6.30. The number of carbonyl (C=O) groups is 1. The minimum atomic E-state index is -0.974. The van der Waals surface area contributed by atoms with Crippen molar-refractivity contribution in [1.29, 1.82) is 0 Å². The van der Waals surface area contributed by atoms with E-state index in [0.717, 1.165) is 16.7 Å². The van der Waals surface area contributed by atoms with Crippen LogP contribution in [-0.2, 0) is 0 Å². The molecular weight excluding hydrogens is 322 g/mol. The second-order valence-corrected chi connectivity index (χ2v) is 6.17. The fourth-order valence-corrected chi connectivity index (χ4v) is 2.60. The summed E-state index contributed by atoms with van der Waals surface area (Å²) in [5.41, 5.74) is 5.52. The van der Waals surface area contributed by atoms with Crippen molar-refractivity contribution in [2.75, 3.05) is 0 Å². The summed E-state index contributed by atoms with van der Waals surface area (Å²) in [7, 11) is 0. The van der Waals surface area contributed by atoms with Crippen LogP contribution in [0.25, 0.3) is 22.5 Å². The average Bonchev–Trinajstić information content (AvgIpc) is 2.57. The van der Waals surface area contributed by atoms with Gasteiger partial charge in [0.2, 0.25) is 0 Å². The molecule has 0 spiro atoms. The van der Waals surface area contributed by atoms with Gasteiger partial charge >= 0.3 is 5.97 Å². The highest BCUT2D eigenvalue weighted by atomic mass is 35.5. The summed E-state index contributed by atoms with van der Waals surface area (Å²) in [5.74, 6) is -0.974. The minimum Gasteiger partial charge on any atom is -0.478 e. The summed E-state index contributed by atoms with van der Waals surface area (Å²) in [5, 5.41) is 10.0. The molecule has 1 aromatic heterocycles. The van der Waals surface area contributed by atoms with Crippen LogP contribution in [-0.4, -0.2) is 16.1 Å². The van der Waals surface area contributed by atoms with Crippen LogP contribution in [0, 0.1) is 13.8 Å². The van der Waals surface area contributed by atoms with E-state index < -0.39 is 5.97 Å². The van der Waals surface area contributed by atoms with Crippen LogP contribution in [0.15, 0.2) is 54.6 Å². The van der Waals surface area contributed by atoms with E-state index in [2.05, 4.69) is 4.98 Å². The van der Waals surface area contributed by atoms with Crippen molar-refractivity contribution in [2.45, 2.75) is 13.8 Å². The van der Waals surface area contributed by atoms with Crippen molar-refractivity contribution in [1.82, 2.24) is 4.98 Å². The van der Waals surface area contributed by atoms with Crippen LogP contribution in [0.2, 0.25) is 5.02 Å². The molecule has 0 fully saturated rings. The summed E-state index contributed by atoms with van der Waals surface area (Å²) in [4.78, 5) is 16.1. The molecule has 0 radical (unpaired) electrons. The smallest absolute Gasteiger partial charge is 0.335 e. The van der Waals surface area contributed by atoms with Gasteiger partial charge in [-0.05, 0) is 55.3 Å². The Morgan fingerprint density at radius 2 is 1.46 bits per heavy atom. The molecule has 4 heteroatoms. The predicted molar refractivity (Wildman–Crippen MR) is 96.6 cm³/mol. The molecule has 0 saturated heterocycles. The van der Waals surface area contributed by atoms with Crippen molar-refractivity contribution in [3.05, 3.63) is 76.3 Å². The normalized spacial score (nSPS) is 10.6. The molecule has 0 bridgehead atoms. The van der Waals surface area contributed by atoms with Crippen molar-refractivity contribution in [3.63, 3.8) is 0 Å². The number of aromatic nitrogens is 1. The van der Waals surface area contributed by atoms with Gasteiger partial charge in [-0.1, -0.05) is 35.9 Å². The van der Waals surface area contributed by atoms with Gasteiger partial charge in [0.25, 0.3) is 0 Å². The number of aryl methyl sites for hydroxylation is 2. The number of pyridine rings is 1. The lowest BCUT2D eigenvalue weighted by Crippen LogP contribution is -2.00. The first-order valence-electron chi connectivity index (χ1n) is 7.53. The third kappa shape index (κ3) is 3.31. The first-order chi connectivity index (χ1) is 11.4. The highest BCUT2D eigenvalue weighted by Gasteiger charge is 2.12. The summed E-state index contributed by atoms with van der Waals surface area (Å²) < 4.78 is 0. The summed E-state index contributed by atoms with van der Waals surface area (Å²) >= 11 is 5.93. The lowest BCUT2D eigenvalue weighted by molar-refractivity contribution is 0.0697. The van der Waals surface area contributed by atoms with E-state index in [1.54, 1.807) is 24.3 Å². The van der Waals surface area contributed by atoms with E-state index in [1.165, 1.54) is 5.56 Å². The van der Waals surface area contributed by atoms with E-state index in [-0.39, 0.29) is 5.56 Å². The molecule has 3 rings (SSSR count). The van der Waals surface area contributed by atoms with E-state index in [1.807, 2.05) is 44.2 Å². The maximum atomic E-state index is 11.5. The van der Waals surface area contributed by atoms with Crippen LogP contribution >= 0.6 is 11.6 Å². The van der Waals surface area contributed by atoms with Gasteiger partial charge in [-0.15, -0.1) is 0 Å². The molecular formula is C20H16ClNO2. The Bertz CT molecular complexity index is 917. The molecule has 0 saturated carbocycles. The molecule has 3 aromatic rings. The Labute approximate surface area is 145 Å². The Morgan fingerprint density at radius 1 is 0.875 bits per heavy atom. The van der Waals surface area contributed by atoms with Gasteiger partial charge in [0.1, 0.15) is 0 Å². The standard InChI is InChI=1S/C20H16ClNO2/c1-12-3-4-15(9-13(12)2)19-11-16(20(23)24)10-18(22-19)14-5-7-17(21)8-6-14/h3-11H,1-2H3,(H,23,24). The number of carboxylic acids is 1. The molecule has 0 unspecified atom stereocenters. The SMILES string of the molecule is Cc1ccc(-c2cc(C(=O)O)cc(-c3ccc(Cl)cc3)n2)cc1C. The largest absolute Gasteiger partial charge is 0.478 e.